The van der Waals surface area contributed by atoms with Crippen LogP contribution in [0.15, 0.2) is 12.2 Å². The van der Waals surface area contributed by atoms with E-state index in [-0.39, 0.29) is 5.97 Å². The van der Waals surface area contributed by atoms with Crippen molar-refractivity contribution in [1.82, 2.24) is 0 Å². The Bertz CT molecular complexity index is 494. The molecule has 0 aromatic rings. The molecule has 166 valence electrons. The lowest BCUT2D eigenvalue weighted by atomic mass is 10.4. The normalized spacial score (nSPS) is 12.8. The Kier molecular flexibility index (Phi) is 14.6. The van der Waals surface area contributed by atoms with Crippen molar-refractivity contribution in [2.75, 3.05) is 6.61 Å². The van der Waals surface area contributed by atoms with Crippen LogP contribution in [0.1, 0.15) is 13.3 Å². The van der Waals surface area contributed by atoms with Gasteiger partial charge in [0.15, 0.2) is 25.0 Å². The van der Waals surface area contributed by atoms with Crippen LogP contribution in [-0.2, 0) is 21.9 Å². The Hall–Kier alpha value is 0.391. The molecule has 0 unspecified atom stereocenters. The standard InChI is InChI=1S/C18H40O5Si6/c1-17(2)18(19)20-11-10-12-24-22-28(6,7)16-14-26-23-29(8,9)15-13-25-21-27(3,4)5/h1,10-16H2,2-9H3. The van der Waals surface area contributed by atoms with Gasteiger partial charge in [-0.05, 0) is 89.4 Å². The molecule has 0 rings (SSSR count). The molecule has 0 aliphatic carbocycles. The summed E-state index contributed by atoms with van der Waals surface area (Å²) in [5.41, 5.74) is 0.451. The number of hydrogen-bond donors (Lipinski definition) is 0. The number of esters is 1. The van der Waals surface area contributed by atoms with Crippen molar-refractivity contribution in [3.8, 4) is 0 Å². The van der Waals surface area contributed by atoms with Gasteiger partial charge in [0.1, 0.15) is 0 Å². The highest BCUT2D eigenvalue weighted by Gasteiger charge is 2.25. The third-order valence-electron chi connectivity index (χ3n) is 3.74. The van der Waals surface area contributed by atoms with Gasteiger partial charge < -0.3 is 17.1 Å². The minimum atomic E-state index is -1.63. The first-order chi connectivity index (χ1) is 13.2. The zero-order chi connectivity index (χ0) is 22.6. The fraction of sp³-hybridized carbons (Fsp3) is 0.833. The Labute approximate surface area is 189 Å². The van der Waals surface area contributed by atoms with Crippen LogP contribution in [0.5, 0.6) is 0 Å². The molecule has 0 fully saturated rings. The van der Waals surface area contributed by atoms with Gasteiger partial charge in [0.25, 0.3) is 0 Å². The maximum absolute atomic E-state index is 11.3. The van der Waals surface area contributed by atoms with Crippen LogP contribution in [0.3, 0.4) is 0 Å². The van der Waals surface area contributed by atoms with Crippen molar-refractivity contribution in [1.29, 1.82) is 0 Å². The average Bonchev–Trinajstić information content (AvgIpc) is 2.57. The fourth-order valence-electron chi connectivity index (χ4n) is 2.00. The molecule has 0 aromatic carbocycles. The summed E-state index contributed by atoms with van der Waals surface area (Å²) in [7, 11) is -2.89. The smallest absolute Gasteiger partial charge is 0.333 e. The molecule has 0 amide bonds. The van der Waals surface area contributed by atoms with Gasteiger partial charge in [-0.2, -0.15) is 0 Å². The fourth-order valence-corrected chi connectivity index (χ4v) is 14.8. The zero-order valence-corrected chi connectivity index (χ0v) is 25.7. The van der Waals surface area contributed by atoms with Gasteiger partial charge in [0.2, 0.25) is 29.3 Å². The molecule has 0 saturated carbocycles. The van der Waals surface area contributed by atoms with E-state index in [9.17, 15) is 4.79 Å². The summed E-state index contributed by atoms with van der Waals surface area (Å²) in [6, 6.07) is 5.49. The Balaban J connectivity index is 3.81. The molecule has 0 N–H and O–H groups in total. The maximum atomic E-state index is 11.3. The van der Waals surface area contributed by atoms with E-state index in [1.54, 1.807) is 6.92 Å². The minimum Gasteiger partial charge on any atom is -0.462 e. The van der Waals surface area contributed by atoms with Crippen LogP contribution in [0.2, 0.25) is 76.0 Å². The lowest BCUT2D eigenvalue weighted by Gasteiger charge is -2.26. The first-order valence-corrected chi connectivity index (χ1v) is 23.3. The summed E-state index contributed by atoms with van der Waals surface area (Å²) < 4.78 is 23.6. The van der Waals surface area contributed by atoms with Gasteiger partial charge in [-0.15, -0.1) is 0 Å². The van der Waals surface area contributed by atoms with Crippen molar-refractivity contribution < 1.29 is 21.9 Å². The first-order valence-electron chi connectivity index (χ1n) is 10.3. The molecule has 0 aliphatic heterocycles. The summed E-state index contributed by atoms with van der Waals surface area (Å²) in [5.74, 6) is -0.305. The van der Waals surface area contributed by atoms with Crippen molar-refractivity contribution in [3.63, 3.8) is 0 Å². The van der Waals surface area contributed by atoms with E-state index in [0.29, 0.717) is 41.5 Å². The summed E-state index contributed by atoms with van der Waals surface area (Å²) in [5, 5.41) is 0. The SMILES string of the molecule is C=C(C)C(=O)OCCC[Si]O[Si](C)(C)CC[Si]O[Si](C)(C)CC[Si]O[Si](C)(C)C. The molecule has 11 heteroatoms. The zero-order valence-electron chi connectivity index (χ0n) is 19.7. The highest BCUT2D eigenvalue weighted by atomic mass is 28.4. The molecule has 0 bridgehead atoms. The van der Waals surface area contributed by atoms with Crippen LogP contribution in [0, 0.1) is 0 Å². The van der Waals surface area contributed by atoms with E-state index in [4.69, 9.17) is 17.1 Å². The third kappa shape index (κ3) is 18.8. The molecule has 0 spiro atoms. The number of hydrogen-bond acceptors (Lipinski definition) is 5. The van der Waals surface area contributed by atoms with E-state index in [1.165, 1.54) is 6.04 Å². The highest BCUT2D eigenvalue weighted by Crippen LogP contribution is 2.18. The number of ether oxygens (including phenoxy) is 1. The predicted molar refractivity (Wildman–Crippen MR) is 133 cm³/mol. The first kappa shape index (κ1) is 29.4. The molecule has 29 heavy (non-hydrogen) atoms. The van der Waals surface area contributed by atoms with Crippen molar-refractivity contribution >= 4 is 60.2 Å². The van der Waals surface area contributed by atoms with Crippen molar-refractivity contribution in [2.24, 2.45) is 0 Å². The van der Waals surface area contributed by atoms with Crippen molar-refractivity contribution in [3.05, 3.63) is 12.2 Å². The van der Waals surface area contributed by atoms with E-state index in [1.807, 2.05) is 0 Å². The maximum Gasteiger partial charge on any atom is 0.333 e. The van der Waals surface area contributed by atoms with E-state index in [2.05, 4.69) is 52.4 Å². The number of carbonyl (C=O) groups is 1. The van der Waals surface area contributed by atoms with Crippen molar-refractivity contribution in [2.45, 2.75) is 89.4 Å². The Morgan fingerprint density at radius 3 is 1.69 bits per heavy atom. The monoisotopic (exact) mass is 504 g/mol. The molecule has 6 radical (unpaired) electrons. The second kappa shape index (κ2) is 14.5. The summed E-state index contributed by atoms with van der Waals surface area (Å²) >= 11 is 0. The lowest BCUT2D eigenvalue weighted by molar-refractivity contribution is -0.138. The number of rotatable bonds is 17. The molecular formula is C18H40O5Si6. The minimum absolute atomic E-state index is 0.305. The van der Waals surface area contributed by atoms with Crippen LogP contribution in [0.25, 0.3) is 0 Å². The molecule has 0 aromatic heterocycles. The molecule has 0 atom stereocenters. The third-order valence-corrected chi connectivity index (χ3v) is 17.7. The van der Waals surface area contributed by atoms with Gasteiger partial charge in [-0.1, -0.05) is 6.58 Å². The van der Waals surface area contributed by atoms with E-state index in [0.717, 1.165) is 30.6 Å². The summed E-state index contributed by atoms with van der Waals surface area (Å²) in [6.07, 6.45) is 0.842. The second-order valence-corrected chi connectivity index (χ2v) is 26.5. The molecule has 0 saturated heterocycles. The topological polar surface area (TPSA) is 54.0 Å². The summed E-state index contributed by atoms with van der Waals surface area (Å²) in [6.45, 7) is 21.6. The predicted octanol–water partition coefficient (Wildman–Crippen LogP) is 4.90. The van der Waals surface area contributed by atoms with Gasteiger partial charge in [0, 0.05) is 5.57 Å². The quantitative estimate of drug-likeness (QED) is 0.122. The van der Waals surface area contributed by atoms with Crippen LogP contribution < -0.4 is 0 Å². The van der Waals surface area contributed by atoms with E-state index >= 15 is 0 Å². The van der Waals surface area contributed by atoms with Crippen LogP contribution in [-0.4, -0.2) is 66.8 Å². The largest absolute Gasteiger partial charge is 0.462 e. The molecule has 5 nitrogen and oxygen atoms in total. The lowest BCUT2D eigenvalue weighted by Crippen LogP contribution is -2.35. The Morgan fingerprint density at radius 1 is 0.793 bits per heavy atom. The van der Waals surface area contributed by atoms with Gasteiger partial charge in [-0.3, -0.25) is 0 Å². The molecule has 0 aliphatic rings. The number of carbonyl (C=O) groups excluding carboxylic acids is 1. The molecule has 0 heterocycles. The van der Waals surface area contributed by atoms with E-state index < -0.39 is 25.0 Å². The van der Waals surface area contributed by atoms with Crippen LogP contribution in [0.4, 0.5) is 0 Å². The van der Waals surface area contributed by atoms with Gasteiger partial charge in [0.05, 0.1) is 6.61 Å². The average molecular weight is 505 g/mol. The Morgan fingerprint density at radius 2 is 1.24 bits per heavy atom. The summed E-state index contributed by atoms with van der Waals surface area (Å²) in [4.78, 5) is 11.3. The second-order valence-electron chi connectivity index (χ2n) is 9.39. The highest BCUT2D eigenvalue weighted by molar-refractivity contribution is 6.78. The molecular weight excluding hydrogens is 465 g/mol. The van der Waals surface area contributed by atoms with Crippen LogP contribution >= 0.6 is 0 Å². The van der Waals surface area contributed by atoms with Gasteiger partial charge in [-0.25, -0.2) is 4.79 Å². The van der Waals surface area contributed by atoms with Gasteiger partial charge >= 0.3 is 5.97 Å².